The van der Waals surface area contributed by atoms with Crippen molar-refractivity contribution in [1.29, 1.82) is 0 Å². The molecule has 1 aromatic carbocycles. The van der Waals surface area contributed by atoms with E-state index in [1.54, 1.807) is 25.2 Å². The lowest BCUT2D eigenvalue weighted by atomic mass is 10.1. The average molecular weight is 378 g/mol. The van der Waals surface area contributed by atoms with Gasteiger partial charge in [0, 0.05) is 31.4 Å². The van der Waals surface area contributed by atoms with Gasteiger partial charge in [0.15, 0.2) is 0 Å². The van der Waals surface area contributed by atoms with Gasteiger partial charge >= 0.3 is 0 Å². The van der Waals surface area contributed by atoms with E-state index in [2.05, 4.69) is 10.3 Å². The molecule has 25 heavy (non-hydrogen) atoms. The van der Waals surface area contributed by atoms with Crippen molar-refractivity contribution in [1.82, 2.24) is 15.2 Å². The fourth-order valence-corrected chi connectivity index (χ4v) is 2.83. The number of halogens is 2. The number of pyridine rings is 1. The summed E-state index contributed by atoms with van der Waals surface area (Å²) in [7, 11) is 1.59. The molecular weight excluding hydrogens is 361 g/mol. The molecule has 2 amide bonds. The number of aromatic nitrogens is 1. The molecular formula is C18H17Cl2N3O2. The lowest BCUT2D eigenvalue weighted by Crippen LogP contribution is -2.32. The molecule has 1 saturated carbocycles. The van der Waals surface area contributed by atoms with E-state index < -0.39 is 0 Å². The van der Waals surface area contributed by atoms with Gasteiger partial charge in [-0.15, -0.1) is 0 Å². The van der Waals surface area contributed by atoms with E-state index in [4.69, 9.17) is 23.2 Å². The maximum atomic E-state index is 12.8. The third-order valence-corrected chi connectivity index (χ3v) is 4.77. The van der Waals surface area contributed by atoms with Crippen LogP contribution in [0.2, 0.25) is 10.2 Å². The molecule has 2 aromatic rings. The second-order valence-corrected chi connectivity index (χ2v) is 6.70. The Morgan fingerprint density at radius 2 is 1.88 bits per heavy atom. The first kappa shape index (κ1) is 17.7. The van der Waals surface area contributed by atoms with Gasteiger partial charge in [-0.25, -0.2) is 4.98 Å². The number of nitrogens with one attached hydrogen (secondary N) is 1. The molecule has 5 nitrogen and oxygen atoms in total. The smallest absolute Gasteiger partial charge is 0.256 e. The van der Waals surface area contributed by atoms with Crippen LogP contribution in [0, 0.1) is 0 Å². The number of benzene rings is 1. The first-order valence-electron chi connectivity index (χ1n) is 7.92. The van der Waals surface area contributed by atoms with Gasteiger partial charge in [0.25, 0.3) is 11.8 Å². The zero-order valence-corrected chi connectivity index (χ0v) is 15.1. The largest absolute Gasteiger partial charge is 0.355 e. The highest BCUT2D eigenvalue weighted by molar-refractivity contribution is 6.41. The summed E-state index contributed by atoms with van der Waals surface area (Å²) < 4.78 is 0. The Labute approximate surface area is 155 Å². The minimum Gasteiger partial charge on any atom is -0.355 e. The van der Waals surface area contributed by atoms with Crippen LogP contribution in [-0.4, -0.2) is 34.8 Å². The van der Waals surface area contributed by atoms with Gasteiger partial charge in [0.1, 0.15) is 5.15 Å². The van der Waals surface area contributed by atoms with Gasteiger partial charge < -0.3 is 10.2 Å². The number of carbonyl (C=O) groups excluding carboxylic acids is 2. The molecule has 1 aliphatic rings. The molecule has 130 valence electrons. The molecule has 0 radical (unpaired) electrons. The molecule has 1 aromatic heterocycles. The molecule has 1 aliphatic carbocycles. The Morgan fingerprint density at radius 1 is 1.20 bits per heavy atom. The van der Waals surface area contributed by atoms with Crippen LogP contribution in [0.15, 0.2) is 36.5 Å². The zero-order chi connectivity index (χ0) is 18.0. The van der Waals surface area contributed by atoms with Gasteiger partial charge in [-0.2, -0.15) is 0 Å². The van der Waals surface area contributed by atoms with Crippen molar-refractivity contribution in [2.24, 2.45) is 0 Å². The van der Waals surface area contributed by atoms with Gasteiger partial charge in [0.05, 0.1) is 10.6 Å². The van der Waals surface area contributed by atoms with E-state index in [1.807, 2.05) is 17.0 Å². The Balaban J connectivity index is 1.78. The van der Waals surface area contributed by atoms with E-state index in [-0.39, 0.29) is 28.0 Å². The molecule has 7 heteroatoms. The second kappa shape index (κ2) is 7.42. The van der Waals surface area contributed by atoms with E-state index >= 15 is 0 Å². The third kappa shape index (κ3) is 4.11. The van der Waals surface area contributed by atoms with Gasteiger partial charge in [-0.3, -0.25) is 9.59 Å². The molecule has 1 fully saturated rings. The average Bonchev–Trinajstić information content (AvgIpc) is 3.46. The standard InChI is InChI=1S/C18H17Cl2N3O2/c1-21-17(24)12-4-2-11(3-5-12)10-23(14-6-7-14)18(25)13-8-15(19)16(20)22-9-13/h2-5,8-9,14H,6-7,10H2,1H3,(H,21,24). The first-order chi connectivity index (χ1) is 12.0. The third-order valence-electron chi connectivity index (χ3n) is 4.09. The fourth-order valence-electron chi connectivity index (χ4n) is 2.56. The van der Waals surface area contributed by atoms with Crippen LogP contribution in [0.25, 0.3) is 0 Å². The van der Waals surface area contributed by atoms with Gasteiger partial charge in [-0.05, 0) is 36.6 Å². The van der Waals surface area contributed by atoms with Crippen LogP contribution in [0.3, 0.4) is 0 Å². The molecule has 0 saturated heterocycles. The van der Waals surface area contributed by atoms with Crippen molar-refractivity contribution < 1.29 is 9.59 Å². The normalized spacial score (nSPS) is 13.4. The molecule has 0 spiro atoms. The maximum Gasteiger partial charge on any atom is 0.256 e. The second-order valence-electron chi connectivity index (χ2n) is 5.94. The van der Waals surface area contributed by atoms with Crippen LogP contribution >= 0.6 is 23.2 Å². The monoisotopic (exact) mass is 377 g/mol. The van der Waals surface area contributed by atoms with E-state index in [9.17, 15) is 9.59 Å². The Bertz CT molecular complexity index is 804. The quantitative estimate of drug-likeness (QED) is 0.810. The summed E-state index contributed by atoms with van der Waals surface area (Å²) in [4.78, 5) is 30.2. The first-order valence-corrected chi connectivity index (χ1v) is 8.68. The number of amides is 2. The lowest BCUT2D eigenvalue weighted by Gasteiger charge is -2.23. The van der Waals surface area contributed by atoms with Gasteiger partial charge in [0.2, 0.25) is 0 Å². The summed E-state index contributed by atoms with van der Waals surface area (Å²) >= 11 is 11.8. The number of rotatable bonds is 5. The Kier molecular flexibility index (Phi) is 5.25. The SMILES string of the molecule is CNC(=O)c1ccc(CN(C(=O)c2cnc(Cl)c(Cl)c2)C2CC2)cc1. The molecule has 3 rings (SSSR count). The highest BCUT2D eigenvalue weighted by Crippen LogP contribution is 2.30. The van der Waals surface area contributed by atoms with E-state index in [0.717, 1.165) is 18.4 Å². The predicted octanol–water partition coefficient (Wildman–Crippen LogP) is 3.55. The van der Waals surface area contributed by atoms with Crippen molar-refractivity contribution in [2.45, 2.75) is 25.4 Å². The molecule has 0 bridgehead atoms. The number of carbonyl (C=O) groups is 2. The van der Waals surface area contributed by atoms with Crippen molar-refractivity contribution in [3.05, 3.63) is 63.4 Å². The summed E-state index contributed by atoms with van der Waals surface area (Å²) in [6.45, 7) is 0.470. The number of hydrogen-bond acceptors (Lipinski definition) is 3. The molecule has 0 unspecified atom stereocenters. The minimum atomic E-state index is -0.136. The fraction of sp³-hybridized carbons (Fsp3) is 0.278. The topological polar surface area (TPSA) is 62.3 Å². The highest BCUT2D eigenvalue weighted by Gasteiger charge is 2.33. The van der Waals surface area contributed by atoms with Crippen molar-refractivity contribution in [2.75, 3.05) is 7.05 Å². The van der Waals surface area contributed by atoms with Crippen molar-refractivity contribution in [3.63, 3.8) is 0 Å². The van der Waals surface area contributed by atoms with Crippen LogP contribution < -0.4 is 5.32 Å². The van der Waals surface area contributed by atoms with E-state index in [1.165, 1.54) is 6.20 Å². The van der Waals surface area contributed by atoms with Gasteiger partial charge in [-0.1, -0.05) is 35.3 Å². The molecule has 1 heterocycles. The van der Waals surface area contributed by atoms with Crippen LogP contribution in [0.5, 0.6) is 0 Å². The Morgan fingerprint density at radius 3 is 2.44 bits per heavy atom. The minimum absolute atomic E-state index is 0.121. The van der Waals surface area contributed by atoms with E-state index in [0.29, 0.717) is 17.7 Å². The predicted molar refractivity (Wildman–Crippen MR) is 97.0 cm³/mol. The molecule has 1 N–H and O–H groups in total. The maximum absolute atomic E-state index is 12.8. The van der Waals surface area contributed by atoms with Crippen LogP contribution in [-0.2, 0) is 6.54 Å². The zero-order valence-electron chi connectivity index (χ0n) is 13.6. The summed E-state index contributed by atoms with van der Waals surface area (Å²) in [5.74, 6) is -0.257. The number of hydrogen-bond donors (Lipinski definition) is 1. The van der Waals surface area contributed by atoms with Crippen molar-refractivity contribution in [3.8, 4) is 0 Å². The van der Waals surface area contributed by atoms with Crippen LogP contribution in [0.4, 0.5) is 0 Å². The molecule has 0 aliphatic heterocycles. The summed E-state index contributed by atoms with van der Waals surface area (Å²) in [5, 5.41) is 3.03. The summed E-state index contributed by atoms with van der Waals surface area (Å²) in [5.41, 5.74) is 1.97. The van der Waals surface area contributed by atoms with Crippen LogP contribution in [0.1, 0.15) is 39.1 Å². The number of nitrogens with zero attached hydrogens (tertiary/aromatic N) is 2. The van der Waals surface area contributed by atoms with Crippen molar-refractivity contribution >= 4 is 35.0 Å². The highest BCUT2D eigenvalue weighted by atomic mass is 35.5. The summed E-state index contributed by atoms with van der Waals surface area (Å²) in [6, 6.07) is 9.00. The Hall–Kier alpha value is -2.11. The molecule has 0 atom stereocenters. The summed E-state index contributed by atoms with van der Waals surface area (Å²) in [6.07, 6.45) is 3.41. The lowest BCUT2D eigenvalue weighted by molar-refractivity contribution is 0.0729.